The van der Waals surface area contributed by atoms with E-state index in [-0.39, 0.29) is 11.9 Å². The third-order valence-electron chi connectivity index (χ3n) is 5.08. The Labute approximate surface area is 164 Å². The number of carbonyl (C=O) groups excluding carboxylic acids is 1. The van der Waals surface area contributed by atoms with Gasteiger partial charge in [-0.05, 0) is 49.2 Å². The van der Waals surface area contributed by atoms with Gasteiger partial charge in [-0.1, -0.05) is 31.7 Å². The molecule has 2 aromatic heterocycles. The highest BCUT2D eigenvalue weighted by Crippen LogP contribution is 2.22. The fourth-order valence-corrected chi connectivity index (χ4v) is 3.57. The molecular formula is C21H24N6O. The molecule has 1 aliphatic carbocycles. The Balaban J connectivity index is 1.48. The van der Waals surface area contributed by atoms with E-state index in [2.05, 4.69) is 20.4 Å². The van der Waals surface area contributed by atoms with Crippen LogP contribution in [0.25, 0.3) is 11.5 Å². The predicted octanol–water partition coefficient (Wildman–Crippen LogP) is 3.75. The molecule has 3 N–H and O–H groups in total. The first-order chi connectivity index (χ1) is 13.7. The van der Waals surface area contributed by atoms with E-state index in [4.69, 9.17) is 5.73 Å². The summed E-state index contributed by atoms with van der Waals surface area (Å²) in [6.07, 6.45) is 9.25. The molecule has 2 heterocycles. The number of anilines is 2. The highest BCUT2D eigenvalue weighted by Gasteiger charge is 2.18. The van der Waals surface area contributed by atoms with Crippen LogP contribution in [0.2, 0.25) is 0 Å². The number of nitrogen functional groups attached to an aromatic ring is 1. The van der Waals surface area contributed by atoms with Crippen molar-refractivity contribution in [1.82, 2.24) is 19.7 Å². The van der Waals surface area contributed by atoms with Crippen molar-refractivity contribution in [3.8, 4) is 11.5 Å². The van der Waals surface area contributed by atoms with E-state index in [0.717, 1.165) is 10.4 Å². The quantitative estimate of drug-likeness (QED) is 0.673. The fourth-order valence-electron chi connectivity index (χ4n) is 3.57. The van der Waals surface area contributed by atoms with Crippen LogP contribution in [0.4, 0.5) is 11.6 Å². The number of aromatic nitrogens is 4. The monoisotopic (exact) mass is 376 g/mol. The van der Waals surface area contributed by atoms with Crippen LogP contribution in [-0.2, 0) is 0 Å². The lowest BCUT2D eigenvalue weighted by atomic mass is 10.1. The lowest BCUT2D eigenvalue weighted by Crippen LogP contribution is -2.19. The van der Waals surface area contributed by atoms with Crippen molar-refractivity contribution in [2.24, 2.45) is 0 Å². The van der Waals surface area contributed by atoms with E-state index in [0.29, 0.717) is 23.1 Å². The second-order valence-corrected chi connectivity index (χ2v) is 7.14. The molecule has 0 bridgehead atoms. The third kappa shape index (κ3) is 4.03. The Hall–Kier alpha value is -3.22. The van der Waals surface area contributed by atoms with Gasteiger partial charge in [-0.3, -0.25) is 9.78 Å². The van der Waals surface area contributed by atoms with Crippen molar-refractivity contribution in [1.29, 1.82) is 0 Å². The summed E-state index contributed by atoms with van der Waals surface area (Å²) in [5.41, 5.74) is 8.03. The van der Waals surface area contributed by atoms with E-state index in [1.54, 1.807) is 30.5 Å². The fraction of sp³-hybridized carbons (Fsp3) is 0.333. The summed E-state index contributed by atoms with van der Waals surface area (Å²) < 4.78 is 1.12. The summed E-state index contributed by atoms with van der Waals surface area (Å²) in [4.78, 5) is 21.2. The molecule has 0 spiro atoms. The van der Waals surface area contributed by atoms with Crippen LogP contribution < -0.4 is 11.1 Å². The van der Waals surface area contributed by atoms with Crippen molar-refractivity contribution in [3.63, 3.8) is 0 Å². The molecule has 1 saturated carbocycles. The molecule has 144 valence electrons. The number of carbonyl (C=O) groups is 1. The molecule has 4 rings (SSSR count). The van der Waals surface area contributed by atoms with Crippen molar-refractivity contribution < 1.29 is 4.79 Å². The lowest BCUT2D eigenvalue weighted by Gasteiger charge is -2.17. The van der Waals surface area contributed by atoms with Crippen LogP contribution in [0, 0.1) is 0 Å². The molecule has 1 aliphatic rings. The van der Waals surface area contributed by atoms with Gasteiger partial charge in [0.15, 0.2) is 0 Å². The highest BCUT2D eigenvalue weighted by atomic mass is 16.2. The maximum Gasteiger partial charge on any atom is 0.281 e. The van der Waals surface area contributed by atoms with Crippen molar-refractivity contribution in [2.45, 2.75) is 44.6 Å². The zero-order chi connectivity index (χ0) is 19.3. The van der Waals surface area contributed by atoms with E-state index in [1.807, 2.05) is 18.2 Å². The Morgan fingerprint density at radius 3 is 2.46 bits per heavy atom. The molecule has 28 heavy (non-hydrogen) atoms. The molecular weight excluding hydrogens is 352 g/mol. The van der Waals surface area contributed by atoms with Gasteiger partial charge in [-0.15, -0.1) is 5.10 Å². The molecule has 0 unspecified atom stereocenters. The Bertz CT molecular complexity index is 927. The van der Waals surface area contributed by atoms with Gasteiger partial charge < -0.3 is 11.1 Å². The van der Waals surface area contributed by atoms with Crippen LogP contribution in [0.3, 0.4) is 0 Å². The maximum absolute atomic E-state index is 12.8. The number of benzene rings is 1. The van der Waals surface area contributed by atoms with Gasteiger partial charge in [0.25, 0.3) is 5.91 Å². The van der Waals surface area contributed by atoms with Crippen molar-refractivity contribution >= 4 is 17.5 Å². The van der Waals surface area contributed by atoms with Gasteiger partial charge in [0, 0.05) is 23.5 Å². The van der Waals surface area contributed by atoms with Crippen LogP contribution in [0.5, 0.6) is 0 Å². The zero-order valence-corrected chi connectivity index (χ0v) is 15.7. The average Bonchev–Trinajstić information content (AvgIpc) is 2.94. The summed E-state index contributed by atoms with van der Waals surface area (Å²) in [5.74, 6) is 0.0672. The second kappa shape index (κ2) is 8.21. The van der Waals surface area contributed by atoms with Gasteiger partial charge in [0.1, 0.15) is 5.69 Å². The number of pyridine rings is 1. The lowest BCUT2D eigenvalue weighted by molar-refractivity contribution is 0.0948. The molecule has 0 amide bonds. The SMILES string of the molecule is Nc1nc(-c2ccccn2)nn1C(=O)c1ccc(NC2CCCCCC2)cc1. The molecule has 7 nitrogen and oxygen atoms in total. The normalized spacial score (nSPS) is 15.1. The molecule has 3 aromatic rings. The minimum Gasteiger partial charge on any atom is -0.382 e. The minimum atomic E-state index is -0.312. The van der Waals surface area contributed by atoms with Crippen LogP contribution >= 0.6 is 0 Å². The van der Waals surface area contributed by atoms with E-state index < -0.39 is 0 Å². The molecule has 0 aliphatic heterocycles. The Morgan fingerprint density at radius 2 is 1.79 bits per heavy atom. The zero-order valence-electron chi connectivity index (χ0n) is 15.7. The molecule has 1 aromatic carbocycles. The van der Waals surface area contributed by atoms with E-state index >= 15 is 0 Å². The number of nitrogens with zero attached hydrogens (tertiary/aromatic N) is 4. The molecule has 0 saturated heterocycles. The number of nitrogens with two attached hydrogens (primary N) is 1. The first-order valence-corrected chi connectivity index (χ1v) is 9.76. The second-order valence-electron chi connectivity index (χ2n) is 7.14. The number of rotatable bonds is 4. The molecule has 0 atom stereocenters. The van der Waals surface area contributed by atoms with Gasteiger partial charge in [-0.25, -0.2) is 0 Å². The molecule has 7 heteroatoms. The Morgan fingerprint density at radius 1 is 1.04 bits per heavy atom. The van der Waals surface area contributed by atoms with Crippen LogP contribution in [0.1, 0.15) is 48.9 Å². The predicted molar refractivity (Wildman–Crippen MR) is 109 cm³/mol. The van der Waals surface area contributed by atoms with Crippen LogP contribution in [0.15, 0.2) is 48.7 Å². The summed E-state index contributed by atoms with van der Waals surface area (Å²) in [7, 11) is 0. The standard InChI is InChI=1S/C21H24N6O/c22-21-25-19(18-9-5-6-14-23-18)26-27(21)20(28)15-10-12-17(13-11-15)24-16-7-3-1-2-4-8-16/h5-6,9-14,16,24H,1-4,7-8H2,(H2,22,25,26). The summed E-state index contributed by atoms with van der Waals surface area (Å²) >= 11 is 0. The molecule has 1 fully saturated rings. The van der Waals surface area contributed by atoms with E-state index in [1.165, 1.54) is 38.5 Å². The van der Waals surface area contributed by atoms with E-state index in [9.17, 15) is 4.79 Å². The topological polar surface area (TPSA) is 98.7 Å². The number of hydrogen-bond acceptors (Lipinski definition) is 6. The number of hydrogen-bond donors (Lipinski definition) is 2. The minimum absolute atomic E-state index is 0.0475. The number of nitrogens with one attached hydrogen (secondary N) is 1. The van der Waals surface area contributed by atoms with Gasteiger partial charge in [0.2, 0.25) is 11.8 Å². The maximum atomic E-state index is 12.8. The average molecular weight is 376 g/mol. The summed E-state index contributed by atoms with van der Waals surface area (Å²) in [6, 6.07) is 13.4. The summed E-state index contributed by atoms with van der Waals surface area (Å²) in [6.45, 7) is 0. The summed E-state index contributed by atoms with van der Waals surface area (Å²) in [5, 5.41) is 7.82. The first-order valence-electron chi connectivity index (χ1n) is 9.76. The Kier molecular flexibility index (Phi) is 5.32. The van der Waals surface area contributed by atoms with Crippen molar-refractivity contribution in [2.75, 3.05) is 11.1 Å². The van der Waals surface area contributed by atoms with Crippen molar-refractivity contribution in [3.05, 3.63) is 54.2 Å². The first kappa shape index (κ1) is 18.2. The van der Waals surface area contributed by atoms with Gasteiger partial charge in [0.05, 0.1) is 0 Å². The highest BCUT2D eigenvalue weighted by molar-refractivity contribution is 5.97. The molecule has 0 radical (unpaired) electrons. The van der Waals surface area contributed by atoms with Crippen LogP contribution in [-0.4, -0.2) is 31.7 Å². The largest absolute Gasteiger partial charge is 0.382 e. The van der Waals surface area contributed by atoms with Gasteiger partial charge in [-0.2, -0.15) is 9.67 Å². The smallest absolute Gasteiger partial charge is 0.281 e. The van der Waals surface area contributed by atoms with Gasteiger partial charge >= 0.3 is 0 Å². The third-order valence-corrected chi connectivity index (χ3v) is 5.08.